The van der Waals surface area contributed by atoms with Gasteiger partial charge in [-0.05, 0) is 31.2 Å². The summed E-state index contributed by atoms with van der Waals surface area (Å²) in [5.41, 5.74) is 1.36. The summed E-state index contributed by atoms with van der Waals surface area (Å²) in [5.74, 6) is -0.462. The van der Waals surface area contributed by atoms with Crippen LogP contribution in [0.3, 0.4) is 0 Å². The number of hydrogen-bond acceptors (Lipinski definition) is 4. The van der Waals surface area contributed by atoms with Crippen molar-refractivity contribution in [3.05, 3.63) is 82.3 Å². The van der Waals surface area contributed by atoms with Gasteiger partial charge in [0.1, 0.15) is 0 Å². The van der Waals surface area contributed by atoms with Gasteiger partial charge in [0.15, 0.2) is 0 Å². The van der Waals surface area contributed by atoms with E-state index in [1.807, 2.05) is 31.2 Å². The Kier molecular flexibility index (Phi) is 4.82. The molecule has 24 heavy (non-hydrogen) atoms. The van der Waals surface area contributed by atoms with Gasteiger partial charge in [0, 0.05) is 28.5 Å². The van der Waals surface area contributed by atoms with Crippen molar-refractivity contribution in [3.63, 3.8) is 0 Å². The van der Waals surface area contributed by atoms with Crippen LogP contribution in [0.2, 0.25) is 0 Å². The summed E-state index contributed by atoms with van der Waals surface area (Å²) in [6.45, 7) is 1.83. The Hall–Kier alpha value is -2.79. The Bertz CT molecular complexity index is 844. The van der Waals surface area contributed by atoms with Crippen molar-refractivity contribution in [1.29, 1.82) is 0 Å². The fourth-order valence-corrected chi connectivity index (χ4v) is 3.27. The van der Waals surface area contributed by atoms with Crippen LogP contribution in [-0.2, 0) is 4.79 Å². The first kappa shape index (κ1) is 16.1. The third kappa shape index (κ3) is 3.58. The van der Waals surface area contributed by atoms with E-state index < -0.39 is 0 Å². The summed E-state index contributed by atoms with van der Waals surface area (Å²) in [6.07, 6.45) is 3.25. The number of carbonyl (C=O) groups excluding carboxylic acids is 2. The van der Waals surface area contributed by atoms with Gasteiger partial charge in [-0.25, -0.2) is 0 Å². The molecule has 4 nitrogen and oxygen atoms in total. The summed E-state index contributed by atoms with van der Waals surface area (Å²) in [6, 6.07) is 16.2. The Morgan fingerprint density at radius 3 is 2.42 bits per heavy atom. The minimum absolute atomic E-state index is 0.0198. The maximum atomic E-state index is 12.4. The molecule has 3 aromatic rings. The Labute approximate surface area is 144 Å². The monoisotopic (exact) mass is 336 g/mol. The molecule has 1 atom stereocenters. The van der Waals surface area contributed by atoms with Crippen molar-refractivity contribution in [2.45, 2.75) is 12.8 Å². The Balaban J connectivity index is 1.73. The van der Waals surface area contributed by atoms with Crippen LogP contribution in [0.25, 0.3) is 0 Å². The topological polar surface area (TPSA) is 59.1 Å². The molecule has 1 unspecified atom stereocenters. The first-order valence-corrected chi connectivity index (χ1v) is 8.37. The van der Waals surface area contributed by atoms with Crippen LogP contribution in [-0.4, -0.2) is 16.7 Å². The first-order valence-electron chi connectivity index (χ1n) is 7.55. The Morgan fingerprint density at radius 2 is 1.71 bits per heavy atom. The van der Waals surface area contributed by atoms with Crippen molar-refractivity contribution in [2.24, 2.45) is 0 Å². The molecule has 0 saturated carbocycles. The predicted molar refractivity (Wildman–Crippen MR) is 95.5 cm³/mol. The molecule has 0 aliphatic rings. The van der Waals surface area contributed by atoms with Gasteiger partial charge >= 0.3 is 0 Å². The standard InChI is InChI=1S/C19H16N2O2S/c1-13(19(23)21-15-9-11-20-12-10-15)16-7-8-17(24-16)18(22)14-5-3-2-4-6-14/h2-13H,1H3,(H,20,21,23). The molecule has 0 spiro atoms. The van der Waals surface area contributed by atoms with E-state index in [0.717, 1.165) is 4.88 Å². The second kappa shape index (κ2) is 7.19. The van der Waals surface area contributed by atoms with Crippen LogP contribution in [0.15, 0.2) is 67.0 Å². The highest BCUT2D eigenvalue weighted by atomic mass is 32.1. The van der Waals surface area contributed by atoms with Crippen molar-refractivity contribution >= 4 is 28.7 Å². The fraction of sp³-hybridized carbons (Fsp3) is 0.105. The lowest BCUT2D eigenvalue weighted by Crippen LogP contribution is -2.18. The molecule has 0 saturated heterocycles. The fourth-order valence-electron chi connectivity index (χ4n) is 2.25. The molecule has 0 aliphatic heterocycles. The molecular weight excluding hydrogens is 320 g/mol. The lowest BCUT2D eigenvalue weighted by Gasteiger charge is -2.10. The van der Waals surface area contributed by atoms with Gasteiger partial charge < -0.3 is 5.32 Å². The zero-order chi connectivity index (χ0) is 16.9. The second-order valence-electron chi connectivity index (χ2n) is 5.34. The smallest absolute Gasteiger partial charge is 0.232 e. The zero-order valence-corrected chi connectivity index (χ0v) is 13.9. The molecule has 5 heteroatoms. The number of thiophene rings is 1. The maximum absolute atomic E-state index is 12.4. The molecule has 1 amide bonds. The maximum Gasteiger partial charge on any atom is 0.232 e. The van der Waals surface area contributed by atoms with E-state index in [4.69, 9.17) is 0 Å². The number of nitrogens with one attached hydrogen (secondary N) is 1. The first-order chi connectivity index (χ1) is 11.6. The number of amides is 1. The lowest BCUT2D eigenvalue weighted by molar-refractivity contribution is -0.117. The minimum Gasteiger partial charge on any atom is -0.325 e. The van der Waals surface area contributed by atoms with Gasteiger partial charge in [-0.3, -0.25) is 14.6 Å². The molecular formula is C19H16N2O2S. The number of ketones is 1. The van der Waals surface area contributed by atoms with Crippen molar-refractivity contribution in [1.82, 2.24) is 4.98 Å². The zero-order valence-electron chi connectivity index (χ0n) is 13.1. The number of hydrogen-bond donors (Lipinski definition) is 1. The van der Waals surface area contributed by atoms with E-state index in [0.29, 0.717) is 16.1 Å². The molecule has 3 rings (SSSR count). The van der Waals surface area contributed by atoms with Crippen molar-refractivity contribution in [2.75, 3.05) is 5.32 Å². The molecule has 0 bridgehead atoms. The molecule has 0 aliphatic carbocycles. The molecule has 2 heterocycles. The molecule has 0 fully saturated rings. The Morgan fingerprint density at radius 1 is 1.00 bits per heavy atom. The highest BCUT2D eigenvalue weighted by molar-refractivity contribution is 7.14. The van der Waals surface area contributed by atoms with Gasteiger partial charge in [-0.1, -0.05) is 30.3 Å². The van der Waals surface area contributed by atoms with E-state index in [1.54, 1.807) is 42.7 Å². The number of aromatic nitrogens is 1. The molecule has 120 valence electrons. The SMILES string of the molecule is CC(C(=O)Nc1ccncc1)c1ccc(C(=O)c2ccccc2)s1. The van der Waals surface area contributed by atoms with Gasteiger partial charge in [0.2, 0.25) is 11.7 Å². The number of nitrogens with zero attached hydrogens (tertiary/aromatic N) is 1. The average Bonchev–Trinajstić information content (AvgIpc) is 3.12. The van der Waals surface area contributed by atoms with Crippen LogP contribution < -0.4 is 5.32 Å². The van der Waals surface area contributed by atoms with Crippen LogP contribution in [0.5, 0.6) is 0 Å². The summed E-state index contributed by atoms with van der Waals surface area (Å²) < 4.78 is 0. The number of carbonyl (C=O) groups is 2. The summed E-state index contributed by atoms with van der Waals surface area (Å²) >= 11 is 1.36. The number of benzene rings is 1. The van der Waals surface area contributed by atoms with Crippen molar-refractivity contribution in [3.8, 4) is 0 Å². The summed E-state index contributed by atoms with van der Waals surface area (Å²) in [4.78, 5) is 30.2. The normalized spacial score (nSPS) is 11.7. The van der Waals surface area contributed by atoms with Crippen LogP contribution >= 0.6 is 11.3 Å². The molecule has 0 radical (unpaired) electrons. The van der Waals surface area contributed by atoms with E-state index in [9.17, 15) is 9.59 Å². The van der Waals surface area contributed by atoms with Crippen LogP contribution in [0.4, 0.5) is 5.69 Å². The third-order valence-corrected chi connectivity index (χ3v) is 4.92. The van der Waals surface area contributed by atoms with E-state index in [-0.39, 0.29) is 17.6 Å². The summed E-state index contributed by atoms with van der Waals surface area (Å²) in [5, 5.41) is 2.85. The van der Waals surface area contributed by atoms with Gasteiger partial charge in [0.25, 0.3) is 0 Å². The van der Waals surface area contributed by atoms with Gasteiger partial charge in [-0.15, -0.1) is 11.3 Å². The number of rotatable bonds is 5. The molecule has 1 aromatic carbocycles. The highest BCUT2D eigenvalue weighted by Gasteiger charge is 2.19. The van der Waals surface area contributed by atoms with Crippen LogP contribution in [0, 0.1) is 0 Å². The molecule has 2 aromatic heterocycles. The van der Waals surface area contributed by atoms with Gasteiger partial charge in [0.05, 0.1) is 10.8 Å². The second-order valence-corrected chi connectivity index (χ2v) is 6.46. The van der Waals surface area contributed by atoms with Crippen molar-refractivity contribution < 1.29 is 9.59 Å². The van der Waals surface area contributed by atoms with E-state index >= 15 is 0 Å². The third-order valence-electron chi connectivity index (χ3n) is 3.65. The van der Waals surface area contributed by atoms with Gasteiger partial charge in [-0.2, -0.15) is 0 Å². The molecule has 1 N–H and O–H groups in total. The highest BCUT2D eigenvalue weighted by Crippen LogP contribution is 2.27. The minimum atomic E-state index is -0.333. The predicted octanol–water partition coefficient (Wildman–Crippen LogP) is 4.12. The quantitative estimate of drug-likeness (QED) is 0.713. The average molecular weight is 336 g/mol. The lowest BCUT2D eigenvalue weighted by atomic mass is 10.1. The number of pyridine rings is 1. The van der Waals surface area contributed by atoms with Crippen LogP contribution in [0.1, 0.15) is 33.0 Å². The van der Waals surface area contributed by atoms with E-state index in [1.165, 1.54) is 11.3 Å². The largest absolute Gasteiger partial charge is 0.325 e. The summed E-state index contributed by atoms with van der Waals surface area (Å²) in [7, 11) is 0. The number of anilines is 1. The van der Waals surface area contributed by atoms with E-state index in [2.05, 4.69) is 10.3 Å².